The molecule has 0 amide bonds. The van der Waals surface area contributed by atoms with Crippen LogP contribution in [0.25, 0.3) is 10.9 Å². The Morgan fingerprint density at radius 1 is 1.24 bits per heavy atom. The van der Waals surface area contributed by atoms with Gasteiger partial charge in [0.15, 0.2) is 0 Å². The Kier molecular flexibility index (Phi) is 3.20. The Morgan fingerprint density at radius 3 is 2.59 bits per heavy atom. The molecule has 0 aliphatic rings. The highest BCUT2D eigenvalue weighted by Gasteiger charge is 2.12. The van der Waals surface area contributed by atoms with Gasteiger partial charge in [0.25, 0.3) is 0 Å². The Hall–Kier alpha value is -1.35. The molecule has 17 heavy (non-hydrogen) atoms. The third-order valence-electron chi connectivity index (χ3n) is 2.93. The minimum absolute atomic E-state index is 0.304. The molecule has 0 spiro atoms. The number of fused-ring (bicyclic) bond motifs is 1. The highest BCUT2D eigenvalue weighted by atomic mass is 35.5. The summed E-state index contributed by atoms with van der Waals surface area (Å²) in [6.45, 7) is 7.12. The molecule has 1 aromatic heterocycles. The fourth-order valence-corrected chi connectivity index (χ4v) is 2.19. The Morgan fingerprint density at radius 2 is 1.94 bits per heavy atom. The van der Waals surface area contributed by atoms with E-state index in [0.29, 0.717) is 5.28 Å². The molecule has 4 heteroatoms. The van der Waals surface area contributed by atoms with Crippen molar-refractivity contribution in [2.45, 2.75) is 20.8 Å². The molecule has 90 valence electrons. The van der Waals surface area contributed by atoms with Crippen LogP contribution in [0.5, 0.6) is 0 Å². The number of hydrogen-bond acceptors (Lipinski definition) is 3. The zero-order chi connectivity index (χ0) is 12.6. The van der Waals surface area contributed by atoms with Crippen molar-refractivity contribution >= 4 is 28.3 Å². The minimum atomic E-state index is 0.304. The van der Waals surface area contributed by atoms with Crippen LogP contribution >= 0.6 is 11.6 Å². The molecule has 0 atom stereocenters. The van der Waals surface area contributed by atoms with Gasteiger partial charge in [-0.25, -0.2) is 4.98 Å². The number of benzene rings is 1. The Balaban J connectivity index is 2.82. The first-order valence-electron chi connectivity index (χ1n) is 5.68. The monoisotopic (exact) mass is 249 g/mol. The highest BCUT2D eigenvalue weighted by molar-refractivity contribution is 6.28. The average molecular weight is 250 g/mol. The number of halogens is 1. The number of nitrogens with zero attached hydrogens (tertiary/aromatic N) is 3. The van der Waals surface area contributed by atoms with Crippen LogP contribution in [0.3, 0.4) is 0 Å². The lowest BCUT2D eigenvalue weighted by atomic mass is 10.1. The average Bonchev–Trinajstić information content (AvgIpc) is 2.25. The summed E-state index contributed by atoms with van der Waals surface area (Å²) >= 11 is 5.98. The van der Waals surface area contributed by atoms with Gasteiger partial charge in [0.2, 0.25) is 5.28 Å². The molecule has 1 aromatic carbocycles. The molecular formula is C13H16ClN3. The Bertz CT molecular complexity index is 561. The predicted octanol–water partition coefficient (Wildman–Crippen LogP) is 3.36. The van der Waals surface area contributed by atoms with Crippen molar-refractivity contribution in [1.82, 2.24) is 9.97 Å². The Labute approximate surface area is 106 Å². The van der Waals surface area contributed by atoms with E-state index in [4.69, 9.17) is 11.6 Å². The maximum atomic E-state index is 5.98. The molecule has 0 fully saturated rings. The van der Waals surface area contributed by atoms with E-state index < -0.39 is 0 Å². The van der Waals surface area contributed by atoms with Crippen LogP contribution in [0, 0.1) is 13.8 Å². The number of aromatic nitrogens is 2. The van der Waals surface area contributed by atoms with Crippen LogP contribution in [-0.4, -0.2) is 23.6 Å². The van der Waals surface area contributed by atoms with E-state index in [1.807, 2.05) is 13.1 Å². The van der Waals surface area contributed by atoms with Gasteiger partial charge >= 0.3 is 0 Å². The van der Waals surface area contributed by atoms with Crippen molar-refractivity contribution in [3.63, 3.8) is 0 Å². The van der Waals surface area contributed by atoms with Crippen molar-refractivity contribution in [3.8, 4) is 0 Å². The topological polar surface area (TPSA) is 29.0 Å². The van der Waals surface area contributed by atoms with Crippen molar-refractivity contribution in [2.24, 2.45) is 0 Å². The number of aryl methyl sites for hydroxylation is 2. The number of rotatable bonds is 2. The van der Waals surface area contributed by atoms with Crippen LogP contribution < -0.4 is 4.90 Å². The van der Waals surface area contributed by atoms with Gasteiger partial charge in [0, 0.05) is 19.0 Å². The number of anilines is 1. The summed E-state index contributed by atoms with van der Waals surface area (Å²) in [5.74, 6) is 0.903. The van der Waals surface area contributed by atoms with Gasteiger partial charge < -0.3 is 4.90 Å². The molecule has 0 unspecified atom stereocenters. The van der Waals surface area contributed by atoms with Gasteiger partial charge in [-0.1, -0.05) is 6.07 Å². The smallest absolute Gasteiger partial charge is 0.224 e. The van der Waals surface area contributed by atoms with Gasteiger partial charge in [-0.3, -0.25) is 0 Å². The lowest BCUT2D eigenvalue weighted by molar-refractivity contribution is 0.939. The second-order valence-corrected chi connectivity index (χ2v) is 4.64. The van der Waals surface area contributed by atoms with Gasteiger partial charge in [-0.05, 0) is 49.6 Å². The third-order valence-corrected chi connectivity index (χ3v) is 3.10. The largest absolute Gasteiger partial charge is 0.359 e. The van der Waals surface area contributed by atoms with Crippen molar-refractivity contribution in [2.75, 3.05) is 18.5 Å². The number of hydrogen-bond donors (Lipinski definition) is 0. The van der Waals surface area contributed by atoms with Crippen molar-refractivity contribution in [3.05, 3.63) is 28.5 Å². The summed E-state index contributed by atoms with van der Waals surface area (Å²) in [7, 11) is 2.01. The van der Waals surface area contributed by atoms with E-state index in [9.17, 15) is 0 Å². The first-order chi connectivity index (χ1) is 8.02. The van der Waals surface area contributed by atoms with E-state index in [-0.39, 0.29) is 0 Å². The molecule has 2 rings (SSSR count). The fraction of sp³-hybridized carbons (Fsp3) is 0.385. The summed E-state index contributed by atoms with van der Waals surface area (Å²) < 4.78 is 0. The molecule has 0 N–H and O–H groups in total. The van der Waals surface area contributed by atoms with Crippen LogP contribution in [0.15, 0.2) is 12.1 Å². The van der Waals surface area contributed by atoms with E-state index in [1.54, 1.807) is 0 Å². The van der Waals surface area contributed by atoms with Crippen LogP contribution in [-0.2, 0) is 0 Å². The maximum Gasteiger partial charge on any atom is 0.224 e. The third kappa shape index (κ3) is 2.20. The molecule has 1 heterocycles. The molecule has 0 saturated heterocycles. The molecule has 3 nitrogen and oxygen atoms in total. The van der Waals surface area contributed by atoms with Gasteiger partial charge in [0.05, 0.1) is 5.52 Å². The minimum Gasteiger partial charge on any atom is -0.359 e. The lowest BCUT2D eigenvalue weighted by Gasteiger charge is -2.19. The van der Waals surface area contributed by atoms with Crippen LogP contribution in [0.1, 0.15) is 18.1 Å². The van der Waals surface area contributed by atoms with Gasteiger partial charge in [0.1, 0.15) is 5.82 Å². The maximum absolute atomic E-state index is 5.98. The quantitative estimate of drug-likeness (QED) is 0.765. The zero-order valence-corrected chi connectivity index (χ0v) is 11.3. The summed E-state index contributed by atoms with van der Waals surface area (Å²) in [5.41, 5.74) is 3.29. The molecule has 0 saturated carbocycles. The van der Waals surface area contributed by atoms with E-state index in [1.165, 1.54) is 11.1 Å². The normalized spacial score (nSPS) is 10.9. The second-order valence-electron chi connectivity index (χ2n) is 4.31. The fourth-order valence-electron chi connectivity index (χ4n) is 2.02. The molecule has 0 aliphatic carbocycles. The molecule has 0 bridgehead atoms. The summed E-state index contributed by atoms with van der Waals surface area (Å²) in [5, 5.41) is 1.39. The first-order valence-corrected chi connectivity index (χ1v) is 6.06. The van der Waals surface area contributed by atoms with Crippen LogP contribution in [0.2, 0.25) is 5.28 Å². The molecular weight excluding hydrogens is 234 g/mol. The van der Waals surface area contributed by atoms with E-state index >= 15 is 0 Å². The van der Waals surface area contributed by atoms with Gasteiger partial charge in [-0.2, -0.15) is 4.98 Å². The van der Waals surface area contributed by atoms with Gasteiger partial charge in [-0.15, -0.1) is 0 Å². The van der Waals surface area contributed by atoms with Crippen LogP contribution in [0.4, 0.5) is 5.82 Å². The summed E-state index contributed by atoms with van der Waals surface area (Å²) in [4.78, 5) is 10.7. The first kappa shape index (κ1) is 12.1. The standard InChI is InChI=1S/C13H16ClN3/c1-5-17(4)12-11-9(3)6-8(2)7-10(11)15-13(14)16-12/h6-7H,5H2,1-4H3. The lowest BCUT2D eigenvalue weighted by Crippen LogP contribution is -2.18. The SMILES string of the molecule is CCN(C)c1nc(Cl)nc2cc(C)cc(C)c12. The summed E-state index contributed by atoms with van der Waals surface area (Å²) in [6.07, 6.45) is 0. The highest BCUT2D eigenvalue weighted by Crippen LogP contribution is 2.28. The van der Waals surface area contributed by atoms with E-state index in [2.05, 4.69) is 41.7 Å². The molecule has 0 radical (unpaired) electrons. The zero-order valence-electron chi connectivity index (χ0n) is 10.6. The summed E-state index contributed by atoms with van der Waals surface area (Å²) in [6, 6.07) is 4.19. The predicted molar refractivity (Wildman–Crippen MR) is 73.0 cm³/mol. The second kappa shape index (κ2) is 4.49. The van der Waals surface area contributed by atoms with Crippen molar-refractivity contribution in [1.29, 1.82) is 0 Å². The van der Waals surface area contributed by atoms with Crippen molar-refractivity contribution < 1.29 is 0 Å². The van der Waals surface area contributed by atoms with E-state index in [0.717, 1.165) is 23.3 Å². The molecule has 0 aliphatic heterocycles. The molecule has 2 aromatic rings.